The van der Waals surface area contributed by atoms with Gasteiger partial charge in [0.15, 0.2) is 5.17 Å². The van der Waals surface area contributed by atoms with E-state index in [9.17, 15) is 14.4 Å². The number of ether oxygens (including phenoxy) is 1. The topological polar surface area (TPSA) is 108 Å². The second-order valence-corrected chi connectivity index (χ2v) is 7.37. The number of carboxylic acid groups (broad SMARTS) is 1. The summed E-state index contributed by atoms with van der Waals surface area (Å²) in [5.74, 6) is -1.00. The fourth-order valence-electron chi connectivity index (χ4n) is 2.70. The number of amidine groups is 1. The first kappa shape index (κ1) is 20.4. The van der Waals surface area contributed by atoms with Crippen LogP contribution in [0.1, 0.15) is 16.8 Å². The molecule has 2 N–H and O–H groups in total. The Morgan fingerprint density at radius 2 is 1.90 bits per heavy atom. The summed E-state index contributed by atoms with van der Waals surface area (Å²) < 4.78 is 5.28. The van der Waals surface area contributed by atoms with Gasteiger partial charge in [0.2, 0.25) is 11.8 Å². The maximum Gasteiger partial charge on any atom is 0.335 e. The Hall–Kier alpha value is -3.33. The number of para-hydroxylation sites is 2. The number of carboxylic acids is 1. The number of benzene rings is 2. The Balaban J connectivity index is 1.67. The van der Waals surface area contributed by atoms with E-state index >= 15 is 0 Å². The molecule has 2 amide bonds. The molecule has 1 unspecified atom stereocenters. The number of aromatic carboxylic acids is 1. The third-order valence-corrected chi connectivity index (χ3v) is 5.46. The number of amides is 2. The van der Waals surface area contributed by atoms with Crippen molar-refractivity contribution in [2.45, 2.75) is 11.7 Å². The van der Waals surface area contributed by atoms with Crippen LogP contribution < -0.4 is 10.1 Å². The average molecular weight is 413 g/mol. The van der Waals surface area contributed by atoms with Gasteiger partial charge in [-0.2, -0.15) is 0 Å². The summed E-state index contributed by atoms with van der Waals surface area (Å²) in [7, 11) is 3.16. The zero-order chi connectivity index (χ0) is 21.0. The fourth-order valence-corrected chi connectivity index (χ4v) is 3.85. The molecule has 8 nitrogen and oxygen atoms in total. The summed E-state index contributed by atoms with van der Waals surface area (Å²) in [5, 5.41) is 11.5. The van der Waals surface area contributed by atoms with Gasteiger partial charge in [-0.25, -0.2) is 9.79 Å². The highest BCUT2D eigenvalue weighted by atomic mass is 32.2. The maximum atomic E-state index is 12.5. The molecule has 1 atom stereocenters. The van der Waals surface area contributed by atoms with E-state index in [0.29, 0.717) is 22.3 Å². The normalized spacial score (nSPS) is 17.4. The number of carbonyl (C=O) groups is 3. The van der Waals surface area contributed by atoms with Gasteiger partial charge in [0.1, 0.15) is 16.7 Å². The molecule has 0 spiro atoms. The molecule has 150 valence electrons. The van der Waals surface area contributed by atoms with E-state index in [-0.39, 0.29) is 23.8 Å². The van der Waals surface area contributed by atoms with Crippen LogP contribution in [0.15, 0.2) is 53.5 Å². The van der Waals surface area contributed by atoms with Crippen molar-refractivity contribution in [1.82, 2.24) is 4.90 Å². The van der Waals surface area contributed by atoms with Crippen LogP contribution in [-0.2, 0) is 9.59 Å². The molecule has 2 aromatic rings. The first-order valence-corrected chi connectivity index (χ1v) is 9.56. The van der Waals surface area contributed by atoms with Crippen molar-refractivity contribution < 1.29 is 24.2 Å². The molecular weight excluding hydrogens is 394 g/mol. The van der Waals surface area contributed by atoms with E-state index in [1.54, 1.807) is 26.3 Å². The van der Waals surface area contributed by atoms with Crippen molar-refractivity contribution in [3.8, 4) is 5.75 Å². The summed E-state index contributed by atoms with van der Waals surface area (Å²) in [6.07, 6.45) is -0.0283. The number of rotatable bonds is 6. The van der Waals surface area contributed by atoms with Crippen molar-refractivity contribution in [2.75, 3.05) is 19.5 Å². The Kier molecular flexibility index (Phi) is 6.18. The molecule has 3 rings (SSSR count). The molecule has 29 heavy (non-hydrogen) atoms. The summed E-state index contributed by atoms with van der Waals surface area (Å²) in [4.78, 5) is 41.7. The summed E-state index contributed by atoms with van der Waals surface area (Å²) in [6, 6.07) is 13.0. The number of nitrogens with zero attached hydrogens (tertiary/aromatic N) is 2. The highest BCUT2D eigenvalue weighted by Gasteiger charge is 2.37. The van der Waals surface area contributed by atoms with Crippen LogP contribution in [0, 0.1) is 0 Å². The standard InChI is InChI=1S/C20H19N3O5S/c1-23-18(25)16(29-20(23)22-14-5-3-4-6-15(14)28-2)11-17(24)21-13-9-7-12(8-10-13)19(26)27/h3-10,16H,11H2,1-2H3,(H,21,24)(H,26,27). The monoisotopic (exact) mass is 413 g/mol. The molecule has 2 aromatic carbocycles. The summed E-state index contributed by atoms with van der Waals surface area (Å²) in [6.45, 7) is 0. The van der Waals surface area contributed by atoms with Gasteiger partial charge in [0, 0.05) is 19.2 Å². The molecule has 9 heteroatoms. The van der Waals surface area contributed by atoms with E-state index < -0.39 is 11.2 Å². The molecule has 0 saturated carbocycles. The number of anilines is 1. The minimum Gasteiger partial charge on any atom is -0.494 e. The van der Waals surface area contributed by atoms with Gasteiger partial charge >= 0.3 is 5.97 Å². The number of carbonyl (C=O) groups excluding carboxylic acids is 2. The molecule has 1 saturated heterocycles. The zero-order valence-corrected chi connectivity index (χ0v) is 16.6. The third-order valence-electron chi connectivity index (χ3n) is 4.23. The molecule has 0 bridgehead atoms. The highest BCUT2D eigenvalue weighted by molar-refractivity contribution is 8.15. The molecule has 1 fully saturated rings. The number of aliphatic imine (C=N–C) groups is 1. The van der Waals surface area contributed by atoms with Crippen LogP contribution in [0.2, 0.25) is 0 Å². The minimum atomic E-state index is -1.04. The second-order valence-electron chi connectivity index (χ2n) is 6.20. The van der Waals surface area contributed by atoms with Gasteiger partial charge in [-0.3, -0.25) is 14.5 Å². The van der Waals surface area contributed by atoms with Gasteiger partial charge in [-0.05, 0) is 36.4 Å². The van der Waals surface area contributed by atoms with E-state index in [4.69, 9.17) is 9.84 Å². The zero-order valence-electron chi connectivity index (χ0n) is 15.8. The smallest absolute Gasteiger partial charge is 0.335 e. The summed E-state index contributed by atoms with van der Waals surface area (Å²) >= 11 is 1.22. The summed E-state index contributed by atoms with van der Waals surface area (Å²) in [5.41, 5.74) is 1.19. The highest BCUT2D eigenvalue weighted by Crippen LogP contribution is 2.33. The number of methoxy groups -OCH3 is 1. The van der Waals surface area contributed by atoms with Crippen molar-refractivity contribution >= 4 is 46.1 Å². The Labute approximate surface area is 171 Å². The molecule has 1 aliphatic rings. The lowest BCUT2D eigenvalue weighted by Gasteiger charge is -2.10. The molecule has 1 aliphatic heterocycles. The quantitative estimate of drug-likeness (QED) is 0.754. The van der Waals surface area contributed by atoms with E-state index in [2.05, 4.69) is 10.3 Å². The second kappa shape index (κ2) is 8.78. The Morgan fingerprint density at radius 1 is 1.21 bits per heavy atom. The van der Waals surface area contributed by atoms with Gasteiger partial charge < -0.3 is 15.2 Å². The largest absolute Gasteiger partial charge is 0.494 e. The predicted octanol–water partition coefficient (Wildman–Crippen LogP) is 2.98. The lowest BCUT2D eigenvalue weighted by atomic mass is 10.2. The third kappa shape index (κ3) is 4.75. The number of hydrogen-bond donors (Lipinski definition) is 2. The van der Waals surface area contributed by atoms with Crippen LogP contribution in [0.5, 0.6) is 5.75 Å². The molecular formula is C20H19N3O5S. The van der Waals surface area contributed by atoms with Gasteiger partial charge in [-0.15, -0.1) is 0 Å². The van der Waals surface area contributed by atoms with Gasteiger partial charge in [0.25, 0.3) is 0 Å². The molecule has 1 heterocycles. The number of hydrogen-bond acceptors (Lipinski definition) is 6. The molecule has 0 radical (unpaired) electrons. The van der Waals surface area contributed by atoms with Gasteiger partial charge in [0.05, 0.1) is 12.7 Å². The number of thioether (sulfide) groups is 1. The molecule has 0 aromatic heterocycles. The van der Waals surface area contributed by atoms with E-state index in [1.165, 1.54) is 40.9 Å². The predicted molar refractivity (Wildman–Crippen MR) is 111 cm³/mol. The Morgan fingerprint density at radius 3 is 2.55 bits per heavy atom. The van der Waals surface area contributed by atoms with Crippen molar-refractivity contribution in [1.29, 1.82) is 0 Å². The molecule has 0 aliphatic carbocycles. The lowest BCUT2D eigenvalue weighted by molar-refractivity contribution is -0.127. The lowest BCUT2D eigenvalue weighted by Crippen LogP contribution is -2.30. The van der Waals surface area contributed by atoms with Gasteiger partial charge in [-0.1, -0.05) is 23.9 Å². The fraction of sp³-hybridized carbons (Fsp3) is 0.200. The van der Waals surface area contributed by atoms with Crippen molar-refractivity contribution in [3.63, 3.8) is 0 Å². The van der Waals surface area contributed by atoms with Crippen LogP contribution in [0.25, 0.3) is 0 Å². The maximum absolute atomic E-state index is 12.5. The van der Waals surface area contributed by atoms with Crippen molar-refractivity contribution in [3.05, 3.63) is 54.1 Å². The Bertz CT molecular complexity index is 974. The van der Waals surface area contributed by atoms with Crippen LogP contribution in [0.4, 0.5) is 11.4 Å². The average Bonchev–Trinajstić information content (AvgIpc) is 2.96. The number of nitrogens with one attached hydrogen (secondary N) is 1. The van der Waals surface area contributed by atoms with Crippen molar-refractivity contribution in [2.24, 2.45) is 4.99 Å². The van der Waals surface area contributed by atoms with E-state index in [0.717, 1.165) is 0 Å². The van der Waals surface area contributed by atoms with Crippen LogP contribution >= 0.6 is 11.8 Å². The SMILES string of the molecule is COc1ccccc1N=C1SC(CC(=O)Nc2ccc(C(=O)O)cc2)C(=O)N1C. The van der Waals surface area contributed by atoms with E-state index in [1.807, 2.05) is 12.1 Å². The van der Waals surface area contributed by atoms with Crippen LogP contribution in [-0.4, -0.2) is 52.4 Å². The first-order chi connectivity index (χ1) is 13.9. The first-order valence-electron chi connectivity index (χ1n) is 8.68. The minimum absolute atomic E-state index is 0.0283. The van der Waals surface area contributed by atoms with Crippen LogP contribution in [0.3, 0.4) is 0 Å².